The fourth-order valence-corrected chi connectivity index (χ4v) is 6.58. The molecule has 3 saturated heterocycles. The highest BCUT2D eigenvalue weighted by Crippen LogP contribution is 2.63. The van der Waals surface area contributed by atoms with Crippen molar-refractivity contribution in [1.29, 1.82) is 0 Å². The molecule has 3 amide bonds. The molecule has 2 aromatic rings. The number of aliphatic hydroxyl groups is 1. The van der Waals surface area contributed by atoms with Gasteiger partial charge in [-0.25, -0.2) is 0 Å². The molecule has 0 aliphatic carbocycles. The summed E-state index contributed by atoms with van der Waals surface area (Å²) in [6.45, 7) is 6.23. The van der Waals surface area contributed by atoms with Crippen molar-refractivity contribution in [2.24, 2.45) is 11.8 Å². The highest BCUT2D eigenvalue weighted by molar-refractivity contribution is 6.04. The SMILES string of the molecule is Cc1ccc(C)c(NC(=O)C2N(CCCO)C(=O)[C@@H]3[C@@H](C(=O)NCc4ccccc4)[C@@]4(C)CCC23O4)c1. The number of ether oxygens (including phenoxy) is 1. The van der Waals surface area contributed by atoms with E-state index in [1.807, 2.05) is 69.3 Å². The molecular formula is C29H35N3O5. The van der Waals surface area contributed by atoms with Crippen LogP contribution in [0.15, 0.2) is 48.5 Å². The van der Waals surface area contributed by atoms with Crippen molar-refractivity contribution in [2.45, 2.75) is 63.8 Å². The minimum absolute atomic E-state index is 0.105. The van der Waals surface area contributed by atoms with E-state index < -0.39 is 29.1 Å². The number of carbonyl (C=O) groups is 3. The van der Waals surface area contributed by atoms with Gasteiger partial charge in [0.1, 0.15) is 11.6 Å². The van der Waals surface area contributed by atoms with Gasteiger partial charge < -0.3 is 25.4 Å². The van der Waals surface area contributed by atoms with Gasteiger partial charge in [0.25, 0.3) is 0 Å². The molecule has 1 spiro atoms. The second-order valence-corrected chi connectivity index (χ2v) is 10.8. The number of amides is 3. The molecule has 3 aliphatic heterocycles. The van der Waals surface area contributed by atoms with Gasteiger partial charge in [-0.3, -0.25) is 14.4 Å². The molecule has 3 heterocycles. The van der Waals surface area contributed by atoms with Crippen LogP contribution in [0.2, 0.25) is 0 Å². The number of rotatable bonds is 8. The summed E-state index contributed by atoms with van der Waals surface area (Å²) in [5.41, 5.74) is 1.67. The lowest BCUT2D eigenvalue weighted by molar-refractivity contribution is -0.144. The molecule has 5 rings (SSSR count). The highest BCUT2D eigenvalue weighted by atomic mass is 16.5. The van der Waals surface area contributed by atoms with Gasteiger partial charge in [0.15, 0.2) is 0 Å². The van der Waals surface area contributed by atoms with Crippen LogP contribution >= 0.6 is 0 Å². The first-order chi connectivity index (χ1) is 17.7. The molecule has 8 nitrogen and oxygen atoms in total. The van der Waals surface area contributed by atoms with Crippen molar-refractivity contribution < 1.29 is 24.2 Å². The van der Waals surface area contributed by atoms with Crippen LogP contribution in [0.4, 0.5) is 5.69 Å². The van der Waals surface area contributed by atoms with Gasteiger partial charge in [0, 0.05) is 25.4 Å². The number of benzene rings is 2. The van der Waals surface area contributed by atoms with Crippen LogP contribution in [0.1, 0.15) is 42.9 Å². The standard InChI is InChI=1S/C29H35N3O5/c1-18-10-11-19(2)21(16-18)31-26(35)24-29-13-12-28(3,37-29)22(23(29)27(36)32(24)14-7-15-33)25(34)30-17-20-8-5-4-6-9-20/h4-6,8-11,16,22-24,33H,7,12-15,17H2,1-3H3,(H,30,34)(H,31,35)/t22-,23-,24?,28+,29?/m0/s1. The first-order valence-electron chi connectivity index (χ1n) is 13.0. The minimum Gasteiger partial charge on any atom is -0.396 e. The van der Waals surface area contributed by atoms with Gasteiger partial charge in [-0.2, -0.15) is 0 Å². The maximum absolute atomic E-state index is 13.9. The maximum Gasteiger partial charge on any atom is 0.250 e. The number of aliphatic hydroxyl groups excluding tert-OH is 1. The van der Waals surface area contributed by atoms with Crippen LogP contribution in [0.25, 0.3) is 0 Å². The van der Waals surface area contributed by atoms with Gasteiger partial charge in [-0.15, -0.1) is 0 Å². The van der Waals surface area contributed by atoms with E-state index in [-0.39, 0.29) is 30.9 Å². The Balaban J connectivity index is 1.46. The average Bonchev–Trinajstić information content (AvgIpc) is 3.44. The Morgan fingerprint density at radius 1 is 1.11 bits per heavy atom. The first kappa shape index (κ1) is 25.4. The second kappa shape index (κ2) is 9.58. The Hall–Kier alpha value is -3.23. The molecular weight excluding hydrogens is 470 g/mol. The van der Waals surface area contributed by atoms with E-state index in [0.717, 1.165) is 16.7 Å². The number of hydrogen-bond donors (Lipinski definition) is 3. The second-order valence-electron chi connectivity index (χ2n) is 10.8. The van der Waals surface area contributed by atoms with E-state index in [2.05, 4.69) is 10.6 Å². The summed E-state index contributed by atoms with van der Waals surface area (Å²) in [6.07, 6.45) is 1.44. The lowest BCUT2D eigenvalue weighted by Gasteiger charge is -2.33. The van der Waals surface area contributed by atoms with E-state index in [1.54, 1.807) is 0 Å². The number of likely N-dealkylation sites (tertiary alicyclic amines) is 1. The van der Waals surface area contributed by atoms with Crippen molar-refractivity contribution >= 4 is 23.4 Å². The molecule has 37 heavy (non-hydrogen) atoms. The zero-order chi connectivity index (χ0) is 26.4. The molecule has 3 N–H and O–H groups in total. The van der Waals surface area contributed by atoms with Crippen molar-refractivity contribution in [3.05, 3.63) is 65.2 Å². The molecule has 3 fully saturated rings. The quantitative estimate of drug-likeness (QED) is 0.511. The van der Waals surface area contributed by atoms with Crippen LogP contribution in [0, 0.1) is 25.7 Å². The van der Waals surface area contributed by atoms with Crippen molar-refractivity contribution in [2.75, 3.05) is 18.5 Å². The minimum atomic E-state index is -1.09. The number of hydrogen-bond acceptors (Lipinski definition) is 5. The predicted molar refractivity (Wildman–Crippen MR) is 138 cm³/mol. The van der Waals surface area contributed by atoms with Crippen LogP contribution in [0.3, 0.4) is 0 Å². The van der Waals surface area contributed by atoms with Crippen molar-refractivity contribution in [3.63, 3.8) is 0 Å². The van der Waals surface area contributed by atoms with Crippen LogP contribution in [-0.4, -0.2) is 58.1 Å². The van der Waals surface area contributed by atoms with Gasteiger partial charge >= 0.3 is 0 Å². The summed E-state index contributed by atoms with van der Waals surface area (Å²) >= 11 is 0. The van der Waals surface area contributed by atoms with E-state index in [0.29, 0.717) is 31.5 Å². The molecule has 2 aromatic carbocycles. The fourth-order valence-electron chi connectivity index (χ4n) is 6.58. The van der Waals surface area contributed by atoms with Crippen LogP contribution in [0.5, 0.6) is 0 Å². The Morgan fingerprint density at radius 3 is 2.59 bits per heavy atom. The molecule has 8 heteroatoms. The molecule has 2 unspecified atom stereocenters. The topological polar surface area (TPSA) is 108 Å². The van der Waals surface area contributed by atoms with E-state index in [9.17, 15) is 19.5 Å². The van der Waals surface area contributed by atoms with E-state index >= 15 is 0 Å². The summed E-state index contributed by atoms with van der Waals surface area (Å²) < 4.78 is 6.62. The largest absolute Gasteiger partial charge is 0.396 e. The zero-order valence-corrected chi connectivity index (χ0v) is 21.6. The number of fused-ring (bicyclic) bond motifs is 1. The number of carbonyl (C=O) groups excluding carboxylic acids is 3. The Bertz CT molecular complexity index is 1220. The van der Waals surface area contributed by atoms with Crippen molar-refractivity contribution in [3.8, 4) is 0 Å². The Kier molecular flexibility index (Phi) is 6.58. The zero-order valence-electron chi connectivity index (χ0n) is 21.6. The third-order valence-electron chi connectivity index (χ3n) is 8.33. The molecule has 0 aromatic heterocycles. The highest BCUT2D eigenvalue weighted by Gasteiger charge is 2.77. The predicted octanol–water partition coefficient (Wildman–Crippen LogP) is 2.71. The smallest absolute Gasteiger partial charge is 0.250 e. The van der Waals surface area contributed by atoms with E-state index in [4.69, 9.17) is 4.74 Å². The molecule has 0 radical (unpaired) electrons. The van der Waals surface area contributed by atoms with Gasteiger partial charge in [0.05, 0.1) is 17.4 Å². The first-order valence-corrected chi connectivity index (χ1v) is 13.0. The summed E-state index contributed by atoms with van der Waals surface area (Å²) in [4.78, 5) is 42.9. The molecule has 2 bridgehead atoms. The number of anilines is 1. The molecule has 5 atom stereocenters. The fraction of sp³-hybridized carbons (Fsp3) is 0.483. The van der Waals surface area contributed by atoms with Gasteiger partial charge in [-0.1, -0.05) is 42.5 Å². The summed E-state index contributed by atoms with van der Waals surface area (Å²) in [5.74, 6) is -2.26. The third kappa shape index (κ3) is 4.22. The maximum atomic E-state index is 13.9. The van der Waals surface area contributed by atoms with E-state index in [1.165, 1.54) is 4.90 Å². The Labute approximate surface area is 217 Å². The summed E-state index contributed by atoms with van der Waals surface area (Å²) in [7, 11) is 0. The third-order valence-corrected chi connectivity index (χ3v) is 8.33. The monoisotopic (exact) mass is 505 g/mol. The summed E-state index contributed by atoms with van der Waals surface area (Å²) in [6, 6.07) is 14.6. The molecule has 196 valence electrons. The molecule has 0 saturated carbocycles. The number of nitrogens with one attached hydrogen (secondary N) is 2. The molecule has 3 aliphatic rings. The normalized spacial score (nSPS) is 29.9. The van der Waals surface area contributed by atoms with Gasteiger partial charge in [0.2, 0.25) is 17.7 Å². The average molecular weight is 506 g/mol. The van der Waals surface area contributed by atoms with Crippen molar-refractivity contribution in [1.82, 2.24) is 10.2 Å². The van der Waals surface area contributed by atoms with Crippen LogP contribution < -0.4 is 10.6 Å². The van der Waals surface area contributed by atoms with Crippen LogP contribution in [-0.2, 0) is 25.7 Å². The Morgan fingerprint density at radius 2 is 1.86 bits per heavy atom. The lowest BCUT2D eigenvalue weighted by atomic mass is 9.66. The van der Waals surface area contributed by atoms with Gasteiger partial charge in [-0.05, 0) is 62.8 Å². The summed E-state index contributed by atoms with van der Waals surface area (Å²) in [5, 5.41) is 15.5. The number of aryl methyl sites for hydroxylation is 2. The lowest BCUT2D eigenvalue weighted by Crippen LogP contribution is -2.53. The number of nitrogens with zero attached hydrogens (tertiary/aromatic N) is 1.